The van der Waals surface area contributed by atoms with Crippen LogP contribution in [0.15, 0.2) is 12.1 Å². The van der Waals surface area contributed by atoms with Gasteiger partial charge in [0.2, 0.25) is 0 Å². The summed E-state index contributed by atoms with van der Waals surface area (Å²) in [6, 6.07) is 4.52. The van der Waals surface area contributed by atoms with Gasteiger partial charge in [0.1, 0.15) is 6.10 Å². The quantitative estimate of drug-likeness (QED) is 0.839. The molecule has 4 heteroatoms. The zero-order chi connectivity index (χ0) is 12.5. The van der Waals surface area contributed by atoms with E-state index in [4.69, 9.17) is 16.3 Å². The zero-order valence-corrected chi connectivity index (χ0v) is 12.2. The molecule has 2 atom stereocenters. The number of rotatable bonds is 1. The van der Waals surface area contributed by atoms with Crippen LogP contribution < -0.4 is 5.32 Å². The second-order valence-electron chi connectivity index (χ2n) is 5.62. The van der Waals surface area contributed by atoms with E-state index >= 15 is 0 Å². The summed E-state index contributed by atoms with van der Waals surface area (Å²) in [7, 11) is 0. The van der Waals surface area contributed by atoms with Crippen molar-refractivity contribution in [3.05, 3.63) is 21.3 Å². The summed E-state index contributed by atoms with van der Waals surface area (Å²) >= 11 is 7.58. The molecule has 1 aromatic heterocycles. The van der Waals surface area contributed by atoms with Gasteiger partial charge < -0.3 is 10.1 Å². The van der Waals surface area contributed by atoms with Gasteiger partial charge in [0.25, 0.3) is 0 Å². The first kappa shape index (κ1) is 13.3. The number of hydrogen-bond donors (Lipinski definition) is 1. The molecule has 0 saturated carbocycles. The molecule has 17 heavy (non-hydrogen) atoms. The first-order valence-corrected chi connectivity index (χ1v) is 7.26. The Kier molecular flexibility index (Phi) is 4.14. The largest absolute Gasteiger partial charge is 0.371 e. The van der Waals surface area contributed by atoms with Crippen LogP contribution in [-0.4, -0.2) is 19.2 Å². The second-order valence-corrected chi connectivity index (χ2v) is 7.36. The highest BCUT2D eigenvalue weighted by Gasteiger charge is 2.28. The molecule has 2 unspecified atom stereocenters. The Morgan fingerprint density at radius 1 is 1.41 bits per heavy atom. The summed E-state index contributed by atoms with van der Waals surface area (Å²) in [6.07, 6.45) is 1.22. The summed E-state index contributed by atoms with van der Waals surface area (Å²) in [4.78, 5) is 1.22. The average molecular weight is 274 g/mol. The van der Waals surface area contributed by atoms with Gasteiger partial charge in [-0.05, 0) is 24.0 Å². The van der Waals surface area contributed by atoms with Crippen LogP contribution in [-0.2, 0) is 4.74 Å². The lowest BCUT2D eigenvalue weighted by atomic mass is 9.85. The van der Waals surface area contributed by atoms with Crippen molar-refractivity contribution in [2.24, 2.45) is 5.41 Å². The summed E-state index contributed by atoms with van der Waals surface area (Å²) in [5.41, 5.74) is 0.283. The van der Waals surface area contributed by atoms with Crippen molar-refractivity contribution in [1.29, 1.82) is 0 Å². The lowest BCUT2D eigenvalue weighted by Crippen LogP contribution is -2.40. The highest BCUT2D eigenvalue weighted by Crippen LogP contribution is 2.31. The second kappa shape index (κ2) is 5.27. The van der Waals surface area contributed by atoms with Gasteiger partial charge >= 0.3 is 0 Å². The van der Waals surface area contributed by atoms with E-state index in [-0.39, 0.29) is 11.5 Å². The zero-order valence-electron chi connectivity index (χ0n) is 10.6. The molecule has 0 aromatic carbocycles. The van der Waals surface area contributed by atoms with Crippen molar-refractivity contribution in [3.63, 3.8) is 0 Å². The topological polar surface area (TPSA) is 21.3 Å². The van der Waals surface area contributed by atoms with Gasteiger partial charge in [0.15, 0.2) is 0 Å². The highest BCUT2D eigenvalue weighted by molar-refractivity contribution is 7.16. The maximum atomic E-state index is 5.96. The van der Waals surface area contributed by atoms with Crippen LogP contribution in [0, 0.1) is 5.41 Å². The third-order valence-electron chi connectivity index (χ3n) is 3.23. The molecule has 1 aliphatic heterocycles. The molecule has 0 bridgehead atoms. The number of ether oxygens (including phenoxy) is 1. The SMILES string of the molecule is CC(C)(C)C1CCOC(c2ccc(Cl)s2)CN1. The number of halogens is 1. The fraction of sp³-hybridized carbons (Fsp3) is 0.692. The number of nitrogens with one attached hydrogen (secondary N) is 1. The molecule has 2 rings (SSSR count). The van der Waals surface area contributed by atoms with Crippen LogP contribution in [0.5, 0.6) is 0 Å². The Labute approximate surface area is 112 Å². The van der Waals surface area contributed by atoms with Crippen molar-refractivity contribution in [1.82, 2.24) is 5.32 Å². The molecule has 0 spiro atoms. The van der Waals surface area contributed by atoms with E-state index in [1.54, 1.807) is 11.3 Å². The van der Waals surface area contributed by atoms with Gasteiger partial charge in [0, 0.05) is 24.1 Å². The monoisotopic (exact) mass is 273 g/mol. The summed E-state index contributed by atoms with van der Waals surface area (Å²) in [5.74, 6) is 0. The lowest BCUT2D eigenvalue weighted by molar-refractivity contribution is 0.0678. The summed E-state index contributed by atoms with van der Waals surface area (Å²) < 4.78 is 6.75. The first-order valence-electron chi connectivity index (χ1n) is 6.07. The van der Waals surface area contributed by atoms with Crippen LogP contribution in [0.2, 0.25) is 4.34 Å². The minimum Gasteiger partial charge on any atom is -0.371 e. The van der Waals surface area contributed by atoms with Crippen LogP contribution >= 0.6 is 22.9 Å². The van der Waals surface area contributed by atoms with Gasteiger partial charge in [-0.3, -0.25) is 0 Å². The maximum Gasteiger partial charge on any atom is 0.104 e. The molecule has 2 heterocycles. The molecule has 0 amide bonds. The van der Waals surface area contributed by atoms with Gasteiger partial charge in [-0.1, -0.05) is 32.4 Å². The maximum absolute atomic E-state index is 5.96. The predicted octanol–water partition coefficient (Wildman–Crippen LogP) is 3.87. The molecular formula is C13H20ClNOS. The van der Waals surface area contributed by atoms with Crippen molar-refractivity contribution in [2.45, 2.75) is 39.3 Å². The third kappa shape index (κ3) is 3.44. The Hall–Kier alpha value is -0.0900. The van der Waals surface area contributed by atoms with Crippen molar-refractivity contribution < 1.29 is 4.74 Å². The van der Waals surface area contributed by atoms with E-state index in [1.807, 2.05) is 6.07 Å². The van der Waals surface area contributed by atoms with E-state index in [0.717, 1.165) is 23.9 Å². The Morgan fingerprint density at radius 2 is 2.18 bits per heavy atom. The Balaban J connectivity index is 2.01. The van der Waals surface area contributed by atoms with E-state index in [9.17, 15) is 0 Å². The van der Waals surface area contributed by atoms with Crippen molar-refractivity contribution >= 4 is 22.9 Å². The van der Waals surface area contributed by atoms with Gasteiger partial charge in [0.05, 0.1) is 4.34 Å². The summed E-state index contributed by atoms with van der Waals surface area (Å²) in [5, 5.41) is 3.62. The molecule has 2 nitrogen and oxygen atoms in total. The number of hydrogen-bond acceptors (Lipinski definition) is 3. The fourth-order valence-electron chi connectivity index (χ4n) is 2.16. The smallest absolute Gasteiger partial charge is 0.104 e. The average Bonchev–Trinajstić information content (AvgIpc) is 2.53. The molecule has 1 aromatic rings. The molecule has 1 aliphatic rings. The van der Waals surface area contributed by atoms with Crippen LogP contribution in [0.1, 0.15) is 38.2 Å². The molecule has 0 aliphatic carbocycles. The molecule has 0 radical (unpaired) electrons. The highest BCUT2D eigenvalue weighted by atomic mass is 35.5. The lowest BCUT2D eigenvalue weighted by Gasteiger charge is -2.30. The standard InChI is InChI=1S/C13H20ClNOS/c1-13(2,3)11-6-7-16-9(8-15-11)10-4-5-12(14)17-10/h4-5,9,11,15H,6-8H2,1-3H3. The number of thiophene rings is 1. The van der Waals surface area contributed by atoms with Gasteiger partial charge in [-0.25, -0.2) is 0 Å². The van der Waals surface area contributed by atoms with E-state index in [1.165, 1.54) is 4.88 Å². The molecular weight excluding hydrogens is 254 g/mol. The van der Waals surface area contributed by atoms with Crippen molar-refractivity contribution in [2.75, 3.05) is 13.2 Å². The summed E-state index contributed by atoms with van der Waals surface area (Å²) in [6.45, 7) is 8.50. The normalized spacial score (nSPS) is 26.8. The van der Waals surface area contributed by atoms with Crippen LogP contribution in [0.25, 0.3) is 0 Å². The van der Waals surface area contributed by atoms with Crippen LogP contribution in [0.3, 0.4) is 0 Å². The third-order valence-corrected chi connectivity index (χ3v) is 4.56. The van der Waals surface area contributed by atoms with E-state index in [0.29, 0.717) is 6.04 Å². The molecule has 1 saturated heterocycles. The van der Waals surface area contributed by atoms with Crippen LogP contribution in [0.4, 0.5) is 0 Å². The minimum absolute atomic E-state index is 0.153. The molecule has 1 fully saturated rings. The Morgan fingerprint density at radius 3 is 2.76 bits per heavy atom. The predicted molar refractivity (Wildman–Crippen MR) is 73.9 cm³/mol. The molecule has 1 N–H and O–H groups in total. The molecule has 96 valence electrons. The van der Waals surface area contributed by atoms with Gasteiger partial charge in [-0.2, -0.15) is 0 Å². The van der Waals surface area contributed by atoms with Gasteiger partial charge in [-0.15, -0.1) is 11.3 Å². The van der Waals surface area contributed by atoms with E-state index in [2.05, 4.69) is 32.2 Å². The Bertz CT molecular complexity index is 372. The van der Waals surface area contributed by atoms with E-state index < -0.39 is 0 Å². The minimum atomic E-state index is 0.153. The first-order chi connectivity index (χ1) is 7.97. The van der Waals surface area contributed by atoms with Crippen molar-refractivity contribution in [3.8, 4) is 0 Å². The fourth-order valence-corrected chi connectivity index (χ4v) is 3.27.